The zero-order chi connectivity index (χ0) is 15.8. The first kappa shape index (κ1) is 16.4. The quantitative estimate of drug-likeness (QED) is 0.777. The van der Waals surface area contributed by atoms with Crippen molar-refractivity contribution in [3.63, 3.8) is 0 Å². The number of anilines is 1. The molecule has 2 aromatic carbocycles. The minimum absolute atomic E-state index is 0.213. The van der Waals surface area contributed by atoms with Crippen LogP contribution < -0.4 is 4.90 Å². The summed E-state index contributed by atoms with van der Waals surface area (Å²) in [6, 6.07) is 18.6. The van der Waals surface area contributed by atoms with E-state index in [2.05, 4.69) is 36.1 Å². The minimum atomic E-state index is -0.733. The lowest BCUT2D eigenvalue weighted by Gasteiger charge is -2.25. The molecule has 1 N–H and O–H groups in total. The molecule has 2 aromatic rings. The Morgan fingerprint density at radius 1 is 1.09 bits per heavy atom. The highest BCUT2D eigenvalue weighted by Gasteiger charge is 2.11. The Labute approximate surface area is 136 Å². The van der Waals surface area contributed by atoms with Crippen LogP contribution in [-0.2, 0) is 4.79 Å². The van der Waals surface area contributed by atoms with Crippen LogP contribution in [0, 0.1) is 0 Å². The van der Waals surface area contributed by atoms with E-state index in [0.717, 1.165) is 13.1 Å². The summed E-state index contributed by atoms with van der Waals surface area (Å²) >= 11 is 1.74. The van der Waals surface area contributed by atoms with Crippen molar-refractivity contribution in [1.29, 1.82) is 0 Å². The van der Waals surface area contributed by atoms with Crippen LogP contribution in [0.5, 0.6) is 0 Å². The zero-order valence-electron chi connectivity index (χ0n) is 12.7. The van der Waals surface area contributed by atoms with Crippen LogP contribution in [0.1, 0.15) is 19.8 Å². The highest BCUT2D eigenvalue weighted by Crippen LogP contribution is 2.35. The van der Waals surface area contributed by atoms with Crippen molar-refractivity contribution in [2.45, 2.75) is 29.6 Å². The number of benzene rings is 2. The average molecular weight is 315 g/mol. The molecule has 0 radical (unpaired) electrons. The lowest BCUT2D eigenvalue weighted by atomic mass is 10.2. The van der Waals surface area contributed by atoms with Gasteiger partial charge in [0.2, 0.25) is 0 Å². The monoisotopic (exact) mass is 315 g/mol. The fourth-order valence-corrected chi connectivity index (χ4v) is 3.29. The Bertz CT molecular complexity index is 601. The summed E-state index contributed by atoms with van der Waals surface area (Å²) < 4.78 is 0. The second kappa shape index (κ2) is 8.49. The van der Waals surface area contributed by atoms with Gasteiger partial charge >= 0.3 is 5.97 Å². The molecule has 0 aliphatic heterocycles. The molecular formula is C18H21NO2S. The molecule has 0 amide bonds. The molecule has 0 atom stereocenters. The molecule has 0 spiro atoms. The number of rotatable bonds is 8. The van der Waals surface area contributed by atoms with Crippen LogP contribution in [0.25, 0.3) is 0 Å². The van der Waals surface area contributed by atoms with E-state index in [1.807, 2.05) is 30.3 Å². The van der Waals surface area contributed by atoms with E-state index >= 15 is 0 Å². The maximum absolute atomic E-state index is 10.7. The summed E-state index contributed by atoms with van der Waals surface area (Å²) in [5.74, 6) is -0.733. The molecule has 0 saturated heterocycles. The van der Waals surface area contributed by atoms with Crippen LogP contribution in [0.4, 0.5) is 5.69 Å². The first-order valence-corrected chi connectivity index (χ1v) is 8.31. The third kappa shape index (κ3) is 4.81. The molecule has 2 rings (SSSR count). The third-order valence-electron chi connectivity index (χ3n) is 3.38. The highest BCUT2D eigenvalue weighted by molar-refractivity contribution is 7.99. The van der Waals surface area contributed by atoms with Crippen LogP contribution >= 0.6 is 11.8 Å². The topological polar surface area (TPSA) is 40.5 Å². The molecule has 3 nitrogen and oxygen atoms in total. The van der Waals surface area contributed by atoms with Gasteiger partial charge in [-0.05, 0) is 37.6 Å². The standard InChI is InChI=1S/C18H21NO2S/c1-2-19(14-8-13-18(20)21)16-11-6-7-12-17(16)22-15-9-4-3-5-10-15/h3-7,9-12H,2,8,13-14H2,1H3,(H,20,21). The Kier molecular flexibility index (Phi) is 6.34. The molecule has 0 unspecified atom stereocenters. The summed E-state index contributed by atoms with van der Waals surface area (Å²) in [7, 11) is 0. The van der Waals surface area contributed by atoms with Gasteiger partial charge in [0.25, 0.3) is 0 Å². The second-order valence-electron chi connectivity index (χ2n) is 4.96. The maximum Gasteiger partial charge on any atom is 0.303 e. The number of hydrogen-bond donors (Lipinski definition) is 1. The first-order chi connectivity index (χ1) is 10.7. The highest BCUT2D eigenvalue weighted by atomic mass is 32.2. The summed E-state index contributed by atoms with van der Waals surface area (Å²) in [4.78, 5) is 15.3. The van der Waals surface area contributed by atoms with Gasteiger partial charge in [0.15, 0.2) is 0 Å². The predicted molar refractivity (Wildman–Crippen MR) is 91.8 cm³/mol. The van der Waals surface area contributed by atoms with Gasteiger partial charge in [0.1, 0.15) is 0 Å². The third-order valence-corrected chi connectivity index (χ3v) is 4.45. The van der Waals surface area contributed by atoms with Crippen molar-refractivity contribution in [2.24, 2.45) is 0 Å². The molecule has 0 bridgehead atoms. The smallest absolute Gasteiger partial charge is 0.303 e. The Hall–Kier alpha value is -1.94. The molecule has 0 saturated carbocycles. The minimum Gasteiger partial charge on any atom is -0.481 e. The van der Waals surface area contributed by atoms with Crippen LogP contribution in [0.15, 0.2) is 64.4 Å². The normalized spacial score (nSPS) is 10.4. The summed E-state index contributed by atoms with van der Waals surface area (Å²) in [5.41, 5.74) is 1.17. The summed E-state index contributed by atoms with van der Waals surface area (Å²) in [5, 5.41) is 8.80. The first-order valence-electron chi connectivity index (χ1n) is 7.49. The number of nitrogens with zero attached hydrogens (tertiary/aromatic N) is 1. The number of carboxylic acids is 1. The van der Waals surface area contributed by atoms with Gasteiger partial charge in [-0.1, -0.05) is 42.1 Å². The van der Waals surface area contributed by atoms with Crippen LogP contribution in [-0.4, -0.2) is 24.2 Å². The molecule has 4 heteroatoms. The van der Waals surface area contributed by atoms with Gasteiger partial charge in [0, 0.05) is 29.3 Å². The van der Waals surface area contributed by atoms with E-state index in [0.29, 0.717) is 6.42 Å². The van der Waals surface area contributed by atoms with Crippen LogP contribution in [0.3, 0.4) is 0 Å². The van der Waals surface area contributed by atoms with Gasteiger partial charge < -0.3 is 10.0 Å². The number of carboxylic acid groups (broad SMARTS) is 1. The van der Waals surface area contributed by atoms with E-state index in [9.17, 15) is 4.79 Å². The van der Waals surface area contributed by atoms with Crippen molar-refractivity contribution >= 4 is 23.4 Å². The van der Waals surface area contributed by atoms with E-state index in [1.165, 1.54) is 15.5 Å². The fourth-order valence-electron chi connectivity index (χ4n) is 2.29. The number of carbonyl (C=O) groups is 1. The largest absolute Gasteiger partial charge is 0.481 e. The van der Waals surface area contributed by atoms with E-state index in [-0.39, 0.29) is 6.42 Å². The average Bonchev–Trinajstić information content (AvgIpc) is 2.53. The SMILES string of the molecule is CCN(CCCC(=O)O)c1ccccc1Sc1ccccc1. The Balaban J connectivity index is 2.13. The van der Waals surface area contributed by atoms with Crippen LogP contribution in [0.2, 0.25) is 0 Å². The molecule has 0 fully saturated rings. The van der Waals surface area contributed by atoms with Crippen molar-refractivity contribution in [3.05, 3.63) is 54.6 Å². The fraction of sp³-hybridized carbons (Fsp3) is 0.278. The Morgan fingerprint density at radius 2 is 1.77 bits per heavy atom. The molecule has 116 valence electrons. The number of para-hydroxylation sites is 1. The van der Waals surface area contributed by atoms with E-state index in [1.54, 1.807) is 11.8 Å². The van der Waals surface area contributed by atoms with Gasteiger partial charge in [0.05, 0.1) is 5.69 Å². The van der Waals surface area contributed by atoms with Crippen molar-refractivity contribution < 1.29 is 9.90 Å². The van der Waals surface area contributed by atoms with Gasteiger partial charge in [-0.15, -0.1) is 0 Å². The van der Waals surface area contributed by atoms with Crippen molar-refractivity contribution in [2.75, 3.05) is 18.0 Å². The van der Waals surface area contributed by atoms with E-state index < -0.39 is 5.97 Å². The van der Waals surface area contributed by atoms with Crippen molar-refractivity contribution in [3.8, 4) is 0 Å². The van der Waals surface area contributed by atoms with Crippen molar-refractivity contribution in [1.82, 2.24) is 0 Å². The summed E-state index contributed by atoms with van der Waals surface area (Å²) in [6.07, 6.45) is 0.873. The molecule has 0 aliphatic carbocycles. The number of hydrogen-bond acceptors (Lipinski definition) is 3. The molecule has 0 heterocycles. The number of aliphatic carboxylic acids is 1. The van der Waals surface area contributed by atoms with Gasteiger partial charge in [-0.3, -0.25) is 4.79 Å². The Morgan fingerprint density at radius 3 is 2.45 bits per heavy atom. The second-order valence-corrected chi connectivity index (χ2v) is 6.08. The maximum atomic E-state index is 10.7. The van der Waals surface area contributed by atoms with E-state index in [4.69, 9.17) is 5.11 Å². The molecule has 22 heavy (non-hydrogen) atoms. The summed E-state index contributed by atoms with van der Waals surface area (Å²) in [6.45, 7) is 3.73. The molecular weight excluding hydrogens is 294 g/mol. The predicted octanol–water partition coefficient (Wildman–Crippen LogP) is 4.53. The zero-order valence-corrected chi connectivity index (χ0v) is 13.6. The lowest BCUT2D eigenvalue weighted by molar-refractivity contribution is -0.137. The molecule has 0 aliphatic rings. The van der Waals surface area contributed by atoms with Gasteiger partial charge in [-0.2, -0.15) is 0 Å². The van der Waals surface area contributed by atoms with Gasteiger partial charge in [-0.25, -0.2) is 0 Å². The lowest BCUT2D eigenvalue weighted by Crippen LogP contribution is -2.25. The molecule has 0 aromatic heterocycles.